The van der Waals surface area contributed by atoms with Crippen molar-refractivity contribution in [1.29, 1.82) is 0 Å². The fourth-order valence-corrected chi connectivity index (χ4v) is 2.37. The van der Waals surface area contributed by atoms with Gasteiger partial charge in [0.15, 0.2) is 0 Å². The average molecular weight is 345 g/mol. The zero-order chi connectivity index (χ0) is 17.9. The van der Waals surface area contributed by atoms with E-state index in [1.165, 1.54) is 0 Å². The molecule has 0 saturated heterocycles. The summed E-state index contributed by atoms with van der Waals surface area (Å²) in [4.78, 5) is 24.4. The van der Waals surface area contributed by atoms with E-state index in [1.54, 1.807) is 42.5 Å². The van der Waals surface area contributed by atoms with E-state index in [-0.39, 0.29) is 17.4 Å². The molecule has 0 aliphatic carbocycles. The first-order valence-corrected chi connectivity index (χ1v) is 8.03. The van der Waals surface area contributed by atoms with E-state index >= 15 is 0 Å². The third kappa shape index (κ3) is 4.83. The first kappa shape index (κ1) is 18.0. The van der Waals surface area contributed by atoms with E-state index in [0.29, 0.717) is 21.8 Å². The summed E-state index contributed by atoms with van der Waals surface area (Å²) in [7, 11) is 0. The molecule has 0 heterocycles. The van der Waals surface area contributed by atoms with E-state index in [4.69, 9.17) is 11.6 Å². The minimum atomic E-state index is -0.306. The van der Waals surface area contributed by atoms with Crippen molar-refractivity contribution in [1.82, 2.24) is 5.32 Å². The predicted octanol–water partition coefficient (Wildman–Crippen LogP) is 4.43. The lowest BCUT2D eigenvalue weighted by Crippen LogP contribution is -2.40. The second-order valence-corrected chi connectivity index (χ2v) is 7.13. The highest BCUT2D eigenvalue weighted by Crippen LogP contribution is 2.20. The number of aryl methyl sites for hydroxylation is 1. The number of halogens is 1. The Labute approximate surface area is 147 Å². The van der Waals surface area contributed by atoms with Gasteiger partial charge in [0, 0.05) is 27.4 Å². The van der Waals surface area contributed by atoms with Crippen molar-refractivity contribution in [3.8, 4) is 0 Å². The lowest BCUT2D eigenvalue weighted by Gasteiger charge is -2.20. The van der Waals surface area contributed by atoms with Gasteiger partial charge in [-0.3, -0.25) is 9.59 Å². The molecule has 0 atom stereocenters. The molecule has 4 nitrogen and oxygen atoms in total. The molecule has 5 heteroatoms. The van der Waals surface area contributed by atoms with Gasteiger partial charge in [-0.15, -0.1) is 0 Å². The van der Waals surface area contributed by atoms with Gasteiger partial charge in [0.1, 0.15) is 0 Å². The van der Waals surface area contributed by atoms with Crippen molar-refractivity contribution in [2.45, 2.75) is 33.2 Å². The van der Waals surface area contributed by atoms with Crippen molar-refractivity contribution >= 4 is 29.1 Å². The molecule has 126 valence electrons. The van der Waals surface area contributed by atoms with Crippen LogP contribution in [0.25, 0.3) is 0 Å². The Morgan fingerprint density at radius 1 is 0.917 bits per heavy atom. The topological polar surface area (TPSA) is 58.2 Å². The Kier molecular flexibility index (Phi) is 5.30. The molecule has 0 radical (unpaired) electrons. The number of hydrogen-bond acceptors (Lipinski definition) is 2. The molecule has 0 bridgehead atoms. The highest BCUT2D eigenvalue weighted by molar-refractivity contribution is 6.30. The number of amides is 2. The minimum Gasteiger partial charge on any atom is -0.347 e. The van der Waals surface area contributed by atoms with E-state index < -0.39 is 0 Å². The summed E-state index contributed by atoms with van der Waals surface area (Å²) in [6.45, 7) is 7.63. The van der Waals surface area contributed by atoms with Gasteiger partial charge < -0.3 is 10.6 Å². The van der Waals surface area contributed by atoms with Crippen molar-refractivity contribution in [2.75, 3.05) is 5.32 Å². The van der Waals surface area contributed by atoms with Crippen LogP contribution in [0.2, 0.25) is 5.02 Å². The third-order valence-electron chi connectivity index (χ3n) is 3.33. The quantitative estimate of drug-likeness (QED) is 0.865. The normalized spacial score (nSPS) is 11.0. The molecule has 0 unspecified atom stereocenters. The van der Waals surface area contributed by atoms with Crippen LogP contribution in [0.5, 0.6) is 0 Å². The van der Waals surface area contributed by atoms with Gasteiger partial charge in [-0.05, 0) is 75.7 Å². The third-order valence-corrected chi connectivity index (χ3v) is 3.57. The number of nitrogens with one attached hydrogen (secondary N) is 2. The molecular formula is C19H21ClN2O2. The number of carbonyl (C=O) groups is 2. The minimum absolute atomic E-state index is 0.164. The summed E-state index contributed by atoms with van der Waals surface area (Å²) in [5.41, 5.74) is 2.29. The van der Waals surface area contributed by atoms with Crippen molar-refractivity contribution < 1.29 is 9.59 Å². The molecule has 2 aromatic rings. The monoisotopic (exact) mass is 344 g/mol. The summed E-state index contributed by atoms with van der Waals surface area (Å²) in [5, 5.41) is 6.35. The Morgan fingerprint density at radius 3 is 1.96 bits per heavy atom. The van der Waals surface area contributed by atoms with Crippen LogP contribution in [0, 0.1) is 6.92 Å². The predicted molar refractivity (Wildman–Crippen MR) is 97.8 cm³/mol. The van der Waals surface area contributed by atoms with Gasteiger partial charge in [-0.25, -0.2) is 0 Å². The maximum absolute atomic E-state index is 12.3. The second kappa shape index (κ2) is 7.05. The van der Waals surface area contributed by atoms with Gasteiger partial charge in [0.2, 0.25) is 0 Å². The Bertz CT molecular complexity index is 762. The van der Waals surface area contributed by atoms with Crippen LogP contribution >= 0.6 is 11.6 Å². The van der Waals surface area contributed by atoms with Crippen LogP contribution in [0.1, 0.15) is 47.1 Å². The molecule has 0 fully saturated rings. The molecule has 0 aliphatic rings. The molecule has 0 saturated carbocycles. The first-order valence-electron chi connectivity index (χ1n) is 7.66. The molecule has 2 amide bonds. The Hall–Kier alpha value is -2.33. The van der Waals surface area contributed by atoms with Crippen LogP contribution in [-0.4, -0.2) is 17.4 Å². The molecule has 0 aromatic heterocycles. The summed E-state index contributed by atoms with van der Waals surface area (Å²) >= 11 is 5.91. The first-order chi connectivity index (χ1) is 11.2. The van der Waals surface area contributed by atoms with Crippen molar-refractivity contribution in [3.05, 3.63) is 64.2 Å². The summed E-state index contributed by atoms with van der Waals surface area (Å²) in [5.74, 6) is -0.397. The van der Waals surface area contributed by atoms with Crippen molar-refractivity contribution in [3.63, 3.8) is 0 Å². The Morgan fingerprint density at radius 2 is 1.46 bits per heavy atom. The molecule has 2 rings (SSSR count). The summed E-state index contributed by atoms with van der Waals surface area (Å²) < 4.78 is 0. The van der Waals surface area contributed by atoms with Gasteiger partial charge in [0.25, 0.3) is 11.8 Å². The lowest BCUT2D eigenvalue weighted by molar-refractivity contribution is 0.0918. The molecule has 2 aromatic carbocycles. The molecular weight excluding hydrogens is 324 g/mol. The molecule has 0 spiro atoms. The number of rotatable bonds is 3. The van der Waals surface area contributed by atoms with Gasteiger partial charge in [-0.1, -0.05) is 11.6 Å². The Balaban J connectivity index is 2.10. The van der Waals surface area contributed by atoms with E-state index in [2.05, 4.69) is 10.6 Å². The van der Waals surface area contributed by atoms with E-state index in [0.717, 1.165) is 5.56 Å². The zero-order valence-electron chi connectivity index (χ0n) is 14.2. The largest absolute Gasteiger partial charge is 0.347 e. The van der Waals surface area contributed by atoms with Gasteiger partial charge in [0.05, 0.1) is 0 Å². The summed E-state index contributed by atoms with van der Waals surface area (Å²) in [6.07, 6.45) is 0. The molecule has 2 N–H and O–H groups in total. The summed E-state index contributed by atoms with van der Waals surface area (Å²) in [6, 6.07) is 11.8. The standard InChI is InChI=1S/C19H21ClN2O2/c1-12-11-15(20)9-10-16(12)21-17(23)13-5-7-14(8-6-13)18(24)22-19(2,3)4/h5-11H,1-4H3,(H,21,23)(H,22,24). The van der Waals surface area contributed by atoms with Crippen LogP contribution in [0.15, 0.2) is 42.5 Å². The van der Waals surface area contributed by atoms with Gasteiger partial charge >= 0.3 is 0 Å². The maximum atomic E-state index is 12.3. The van der Waals surface area contributed by atoms with E-state index in [9.17, 15) is 9.59 Å². The molecule has 0 aliphatic heterocycles. The number of hydrogen-bond donors (Lipinski definition) is 2. The van der Waals surface area contributed by atoms with Crippen molar-refractivity contribution in [2.24, 2.45) is 0 Å². The fourth-order valence-electron chi connectivity index (χ4n) is 2.15. The second-order valence-electron chi connectivity index (χ2n) is 6.69. The molecule has 24 heavy (non-hydrogen) atoms. The van der Waals surface area contributed by atoms with Crippen LogP contribution in [0.4, 0.5) is 5.69 Å². The number of anilines is 1. The van der Waals surface area contributed by atoms with E-state index in [1.807, 2.05) is 27.7 Å². The van der Waals surface area contributed by atoms with Crippen LogP contribution in [-0.2, 0) is 0 Å². The van der Waals surface area contributed by atoms with Crippen LogP contribution in [0.3, 0.4) is 0 Å². The average Bonchev–Trinajstić information content (AvgIpc) is 2.48. The van der Waals surface area contributed by atoms with Gasteiger partial charge in [-0.2, -0.15) is 0 Å². The fraction of sp³-hybridized carbons (Fsp3) is 0.263. The SMILES string of the molecule is Cc1cc(Cl)ccc1NC(=O)c1ccc(C(=O)NC(C)(C)C)cc1. The number of carbonyl (C=O) groups excluding carboxylic acids is 2. The van der Waals surface area contributed by atoms with Crippen LogP contribution < -0.4 is 10.6 Å². The smallest absolute Gasteiger partial charge is 0.255 e. The highest BCUT2D eigenvalue weighted by Gasteiger charge is 2.16. The zero-order valence-corrected chi connectivity index (χ0v) is 15.0. The lowest BCUT2D eigenvalue weighted by atomic mass is 10.1. The maximum Gasteiger partial charge on any atom is 0.255 e. The highest BCUT2D eigenvalue weighted by atomic mass is 35.5. The number of benzene rings is 2.